The van der Waals surface area contributed by atoms with E-state index < -0.39 is 11.8 Å². The number of rotatable bonds is 4. The highest BCUT2D eigenvalue weighted by Gasteiger charge is 2.02. The molecular formula is C20H16N4O2. The summed E-state index contributed by atoms with van der Waals surface area (Å²) in [6, 6.07) is 21.6. The molecule has 0 fully saturated rings. The summed E-state index contributed by atoms with van der Waals surface area (Å²) in [6.45, 7) is 0. The highest BCUT2D eigenvalue weighted by molar-refractivity contribution is 6.01. The normalized spacial score (nSPS) is 10.5. The third-order valence-corrected chi connectivity index (χ3v) is 2.99. The Balaban J connectivity index is 0.000000260. The third-order valence-electron chi connectivity index (χ3n) is 2.99. The Morgan fingerprint density at radius 2 is 1.00 bits per heavy atom. The summed E-state index contributed by atoms with van der Waals surface area (Å²) >= 11 is 0. The van der Waals surface area contributed by atoms with Gasteiger partial charge in [-0.25, -0.2) is 0 Å². The van der Waals surface area contributed by atoms with Crippen molar-refractivity contribution in [3.63, 3.8) is 0 Å². The Morgan fingerprint density at radius 1 is 0.692 bits per heavy atom. The topological polar surface area (TPSA) is 134 Å². The zero-order chi connectivity index (χ0) is 19.4. The number of hydrogen-bond donors (Lipinski definition) is 2. The lowest BCUT2D eigenvalue weighted by Crippen LogP contribution is -2.12. The van der Waals surface area contributed by atoms with Crippen LogP contribution in [0.3, 0.4) is 0 Å². The second kappa shape index (κ2) is 10.6. The first-order chi connectivity index (χ1) is 12.5. The monoisotopic (exact) mass is 344 g/mol. The fourth-order valence-electron chi connectivity index (χ4n) is 1.75. The van der Waals surface area contributed by atoms with Gasteiger partial charge in [0.1, 0.15) is 23.3 Å². The molecule has 4 N–H and O–H groups in total. The van der Waals surface area contributed by atoms with Crippen LogP contribution in [0.5, 0.6) is 0 Å². The molecule has 0 saturated carbocycles. The average molecular weight is 344 g/mol. The van der Waals surface area contributed by atoms with E-state index in [1.807, 2.05) is 36.4 Å². The van der Waals surface area contributed by atoms with Crippen LogP contribution in [0.4, 0.5) is 0 Å². The Morgan fingerprint density at radius 3 is 1.23 bits per heavy atom. The van der Waals surface area contributed by atoms with Crippen LogP contribution < -0.4 is 11.5 Å². The second-order valence-electron chi connectivity index (χ2n) is 4.89. The van der Waals surface area contributed by atoms with Crippen LogP contribution in [0.1, 0.15) is 11.1 Å². The number of carbonyl (C=O) groups excluding carboxylic acids is 2. The van der Waals surface area contributed by atoms with Crippen molar-refractivity contribution in [2.24, 2.45) is 11.5 Å². The lowest BCUT2D eigenvalue weighted by atomic mass is 10.1. The lowest BCUT2D eigenvalue weighted by Gasteiger charge is -1.92. The molecule has 6 heteroatoms. The molecular weight excluding hydrogens is 328 g/mol. The summed E-state index contributed by atoms with van der Waals surface area (Å²) in [5.74, 6) is -1.40. The number of nitriles is 2. The SMILES string of the molecule is N#C/C(=C\c1ccccc1)C(N)=O.N#C/C(=C\c1ccccc1)C(N)=O. The van der Waals surface area contributed by atoms with Crippen molar-refractivity contribution >= 4 is 24.0 Å². The van der Waals surface area contributed by atoms with E-state index in [-0.39, 0.29) is 11.1 Å². The first-order valence-corrected chi connectivity index (χ1v) is 7.41. The average Bonchev–Trinajstić information content (AvgIpc) is 2.66. The van der Waals surface area contributed by atoms with E-state index in [0.717, 1.165) is 11.1 Å². The van der Waals surface area contributed by atoms with E-state index in [2.05, 4.69) is 0 Å². The van der Waals surface area contributed by atoms with Gasteiger partial charge in [-0.05, 0) is 23.3 Å². The molecule has 0 radical (unpaired) electrons. The van der Waals surface area contributed by atoms with Gasteiger partial charge in [-0.3, -0.25) is 9.59 Å². The third kappa shape index (κ3) is 6.95. The first-order valence-electron chi connectivity index (χ1n) is 7.41. The van der Waals surface area contributed by atoms with E-state index in [4.69, 9.17) is 22.0 Å². The van der Waals surface area contributed by atoms with Crippen LogP contribution in [0, 0.1) is 22.7 Å². The minimum absolute atomic E-state index is 0.0359. The highest BCUT2D eigenvalue weighted by Crippen LogP contribution is 2.05. The molecule has 6 nitrogen and oxygen atoms in total. The standard InChI is InChI=1S/2C10H8N2O/c2*11-7-9(10(12)13)6-8-4-2-1-3-5-8/h2*1-6H,(H2,12,13)/b2*9-6+. The summed E-state index contributed by atoms with van der Waals surface area (Å²) in [7, 11) is 0. The number of hydrogen-bond acceptors (Lipinski definition) is 4. The predicted octanol–water partition coefficient (Wildman–Crippen LogP) is 2.16. The molecule has 0 bridgehead atoms. The molecule has 0 aliphatic rings. The minimum atomic E-state index is -0.702. The number of primary amides is 2. The van der Waals surface area contributed by atoms with E-state index >= 15 is 0 Å². The molecule has 2 aromatic carbocycles. The molecule has 2 amide bonds. The number of amides is 2. The lowest BCUT2D eigenvalue weighted by molar-refractivity contribution is -0.115. The van der Waals surface area contributed by atoms with Gasteiger partial charge in [-0.15, -0.1) is 0 Å². The molecule has 0 aliphatic heterocycles. The molecule has 0 aromatic heterocycles. The van der Waals surface area contributed by atoms with E-state index in [9.17, 15) is 9.59 Å². The van der Waals surface area contributed by atoms with Gasteiger partial charge in [0.15, 0.2) is 0 Å². The van der Waals surface area contributed by atoms with Gasteiger partial charge in [0, 0.05) is 0 Å². The van der Waals surface area contributed by atoms with Crippen LogP contribution in [-0.4, -0.2) is 11.8 Å². The molecule has 0 heterocycles. The molecule has 0 spiro atoms. The maximum Gasteiger partial charge on any atom is 0.259 e. The molecule has 2 aromatic rings. The van der Waals surface area contributed by atoms with Gasteiger partial charge in [-0.2, -0.15) is 10.5 Å². The van der Waals surface area contributed by atoms with E-state index in [0.29, 0.717) is 0 Å². The van der Waals surface area contributed by atoms with Crippen molar-refractivity contribution < 1.29 is 9.59 Å². The van der Waals surface area contributed by atoms with Crippen LogP contribution in [-0.2, 0) is 9.59 Å². The summed E-state index contributed by atoms with van der Waals surface area (Å²) < 4.78 is 0. The minimum Gasteiger partial charge on any atom is -0.365 e. The molecule has 0 atom stereocenters. The largest absolute Gasteiger partial charge is 0.365 e. The Bertz CT molecular complexity index is 825. The molecule has 0 unspecified atom stereocenters. The quantitative estimate of drug-likeness (QED) is 0.649. The van der Waals surface area contributed by atoms with Crippen molar-refractivity contribution in [2.45, 2.75) is 0 Å². The zero-order valence-electron chi connectivity index (χ0n) is 13.8. The van der Waals surface area contributed by atoms with Crippen LogP contribution in [0.2, 0.25) is 0 Å². The van der Waals surface area contributed by atoms with Crippen LogP contribution >= 0.6 is 0 Å². The summed E-state index contributed by atoms with van der Waals surface area (Å²) in [6.07, 6.45) is 2.92. The van der Waals surface area contributed by atoms with Crippen molar-refractivity contribution in [1.29, 1.82) is 10.5 Å². The first kappa shape index (κ1) is 19.9. The molecule has 0 saturated heterocycles. The van der Waals surface area contributed by atoms with Gasteiger partial charge in [0.25, 0.3) is 11.8 Å². The van der Waals surface area contributed by atoms with Crippen molar-refractivity contribution in [3.05, 3.63) is 82.9 Å². The van der Waals surface area contributed by atoms with Gasteiger partial charge in [-0.1, -0.05) is 60.7 Å². The molecule has 2 rings (SSSR count). The zero-order valence-corrected chi connectivity index (χ0v) is 13.8. The Labute approximate surface area is 151 Å². The summed E-state index contributed by atoms with van der Waals surface area (Å²) in [4.78, 5) is 21.3. The fraction of sp³-hybridized carbons (Fsp3) is 0. The van der Waals surface area contributed by atoms with Gasteiger partial charge in [0.2, 0.25) is 0 Å². The number of benzene rings is 2. The maximum atomic E-state index is 10.7. The second-order valence-corrected chi connectivity index (χ2v) is 4.89. The summed E-state index contributed by atoms with van der Waals surface area (Å²) in [5, 5.41) is 17.1. The smallest absolute Gasteiger partial charge is 0.259 e. The van der Waals surface area contributed by atoms with Crippen molar-refractivity contribution in [1.82, 2.24) is 0 Å². The Kier molecular flexibility index (Phi) is 8.09. The molecule has 128 valence electrons. The number of nitrogens with two attached hydrogens (primary N) is 2. The molecule has 0 aliphatic carbocycles. The maximum absolute atomic E-state index is 10.7. The van der Waals surface area contributed by atoms with Gasteiger partial charge in [0.05, 0.1) is 0 Å². The van der Waals surface area contributed by atoms with E-state index in [1.165, 1.54) is 12.2 Å². The van der Waals surface area contributed by atoms with Gasteiger partial charge < -0.3 is 11.5 Å². The van der Waals surface area contributed by atoms with E-state index in [1.54, 1.807) is 36.4 Å². The Hall–Kier alpha value is -4.16. The number of nitrogens with zero attached hydrogens (tertiary/aromatic N) is 2. The fourth-order valence-corrected chi connectivity index (χ4v) is 1.75. The highest BCUT2D eigenvalue weighted by atomic mass is 16.1. The molecule has 26 heavy (non-hydrogen) atoms. The van der Waals surface area contributed by atoms with Crippen LogP contribution in [0.15, 0.2) is 71.8 Å². The van der Waals surface area contributed by atoms with Crippen molar-refractivity contribution in [3.8, 4) is 12.1 Å². The van der Waals surface area contributed by atoms with Crippen molar-refractivity contribution in [2.75, 3.05) is 0 Å². The summed E-state index contributed by atoms with van der Waals surface area (Å²) in [5.41, 5.74) is 11.4. The van der Waals surface area contributed by atoms with Crippen LogP contribution in [0.25, 0.3) is 12.2 Å². The predicted molar refractivity (Wildman–Crippen MR) is 98.5 cm³/mol. The van der Waals surface area contributed by atoms with Gasteiger partial charge >= 0.3 is 0 Å². The number of carbonyl (C=O) groups is 2.